The number of hydrogen-bond donors (Lipinski definition) is 0. The molecule has 1 aliphatic carbocycles. The summed E-state index contributed by atoms with van der Waals surface area (Å²) < 4.78 is 59.3. The second-order valence-electron chi connectivity index (χ2n) is 28.8. The molecule has 4 saturated heterocycles. The molecule has 4 aliphatic heterocycles. The van der Waals surface area contributed by atoms with Crippen molar-refractivity contribution >= 4 is 23.6 Å². The molecule has 11 aromatic rings. The highest BCUT2D eigenvalue weighted by Crippen LogP contribution is 2.42. The predicted molar refractivity (Wildman–Crippen MR) is 425 cm³/mol. The lowest BCUT2D eigenvalue weighted by atomic mass is 9.97. The minimum Gasteiger partial charge on any atom is -0.497 e. The van der Waals surface area contributed by atoms with Gasteiger partial charge in [0, 0.05) is 84.9 Å². The number of benzene rings is 4. The average molecular weight is 1580 g/mol. The first kappa shape index (κ1) is 81.1. The Morgan fingerprint density at radius 3 is 1.12 bits per heavy atom. The molecule has 5 fully saturated rings. The molecule has 0 radical (unpaired) electrons. The number of rotatable bonds is 21. The molecule has 16 rings (SSSR count). The minimum absolute atomic E-state index is 0.0131. The standard InChI is InChI=1S/C22H25N5O3.C22H26N2O3.C21H22FN5O3.C20H22N6O3/c1-3-29-17-10-11-23-21(14-17)30-18-9-8-16(2)26(15-18)22(28)19-6-4-5-7-20(19)27-24-12-13-25-27;1-15-7-10-18(27-21-13-17(26-2)11-12-23-21)14-24(15)22(25)20-6-4-3-5-19(20)16-8-9-16;1-14-3-5-17(30-20-12-16(29-2)7-8-23-20)13-26(14)21(28)18-6-4-15(22)11-19(18)27-24-9-10-25-27;1-14-7-8-16(29-19-11-15(28-2)9-10-21-19)12-25(14)20(27)17-5-3-4-6-18(17)26-23-13-22-24-26/h4-7,10-14,16,18H,3,8-9,15H2,1-2H3;3-6,11-13,15-16,18H,7-10,14H2,1-2H3;4,6-12,14,17H,3,5,13H2,1-2H3;3-6,9-11,13-14,16H,7-8,12H2,1-2H3/t16-,18-;15-,18-;14-,17-;14-,16-/m1111/s1. The third kappa shape index (κ3) is 20.5. The highest BCUT2D eigenvalue weighted by Gasteiger charge is 2.38. The Labute approximate surface area is 671 Å². The molecule has 31 heteroatoms. The number of halogens is 1. The van der Waals surface area contributed by atoms with Crippen molar-refractivity contribution in [2.45, 2.75) is 153 Å². The summed E-state index contributed by atoms with van der Waals surface area (Å²) >= 11 is 0. The van der Waals surface area contributed by atoms with Gasteiger partial charge in [-0.2, -0.15) is 30.0 Å². The maximum Gasteiger partial charge on any atom is 0.256 e. The number of nitrogens with zero attached hydrogens (tertiary/aromatic N) is 18. The number of tetrazole rings is 1. The smallest absolute Gasteiger partial charge is 0.256 e. The van der Waals surface area contributed by atoms with Crippen LogP contribution >= 0.6 is 0 Å². The Hall–Kier alpha value is -13.0. The zero-order valence-electron chi connectivity index (χ0n) is 66.1. The third-order valence-corrected chi connectivity index (χ3v) is 20.9. The number of carbonyl (C=O) groups excluding carboxylic acids is 4. The van der Waals surface area contributed by atoms with Crippen molar-refractivity contribution in [3.05, 3.63) is 229 Å². The number of hydrogen-bond acceptors (Lipinski definition) is 23. The number of piperidine rings is 4. The first-order valence-electron chi connectivity index (χ1n) is 39.0. The van der Waals surface area contributed by atoms with Crippen molar-refractivity contribution in [2.75, 3.05) is 54.1 Å². The topological polar surface area (TPSA) is 312 Å². The van der Waals surface area contributed by atoms with Crippen molar-refractivity contribution < 1.29 is 61.5 Å². The van der Waals surface area contributed by atoms with E-state index in [0.29, 0.717) is 107 Å². The van der Waals surface area contributed by atoms with Crippen molar-refractivity contribution in [1.29, 1.82) is 0 Å². The lowest BCUT2D eigenvalue weighted by molar-refractivity contribution is 0.0369. The van der Waals surface area contributed by atoms with Gasteiger partial charge in [-0.25, -0.2) is 24.3 Å². The van der Waals surface area contributed by atoms with E-state index in [9.17, 15) is 23.6 Å². The maximum absolute atomic E-state index is 13.9. The Balaban J connectivity index is 0.000000135. The quantitative estimate of drug-likeness (QED) is 0.0645. The average Bonchev–Trinajstić information content (AvgIpc) is 1.40. The van der Waals surface area contributed by atoms with E-state index < -0.39 is 5.82 Å². The molecule has 4 amide bonds. The van der Waals surface area contributed by atoms with Crippen LogP contribution in [0.1, 0.15) is 152 Å². The highest BCUT2D eigenvalue weighted by molar-refractivity contribution is 6.00. The van der Waals surface area contributed by atoms with Gasteiger partial charge in [0.05, 0.1) is 101 Å². The summed E-state index contributed by atoms with van der Waals surface area (Å²) in [6, 6.07) is 41.3. The van der Waals surface area contributed by atoms with Crippen LogP contribution in [0.25, 0.3) is 17.1 Å². The van der Waals surface area contributed by atoms with E-state index in [2.05, 4.69) is 75.7 Å². The molecular weight excluding hydrogens is 1480 g/mol. The van der Waals surface area contributed by atoms with Gasteiger partial charge in [-0.1, -0.05) is 42.5 Å². The van der Waals surface area contributed by atoms with Crippen LogP contribution in [-0.4, -0.2) is 216 Å². The van der Waals surface area contributed by atoms with Crippen molar-refractivity contribution in [3.63, 3.8) is 0 Å². The lowest BCUT2D eigenvalue weighted by Gasteiger charge is -2.38. The van der Waals surface area contributed by atoms with Crippen LogP contribution in [0.5, 0.6) is 46.5 Å². The fourth-order valence-corrected chi connectivity index (χ4v) is 14.5. The zero-order valence-corrected chi connectivity index (χ0v) is 66.1. The van der Waals surface area contributed by atoms with Gasteiger partial charge in [0.1, 0.15) is 64.6 Å². The number of aromatic nitrogens is 14. The van der Waals surface area contributed by atoms with Gasteiger partial charge in [0.15, 0.2) is 6.33 Å². The fourth-order valence-electron chi connectivity index (χ4n) is 14.5. The molecule has 30 nitrogen and oxygen atoms in total. The first-order valence-corrected chi connectivity index (χ1v) is 39.0. The van der Waals surface area contributed by atoms with E-state index in [0.717, 1.165) is 68.4 Å². The van der Waals surface area contributed by atoms with E-state index in [1.807, 2.05) is 90.1 Å². The van der Waals surface area contributed by atoms with Crippen molar-refractivity contribution in [3.8, 4) is 63.6 Å². The van der Waals surface area contributed by atoms with Crippen molar-refractivity contribution in [2.24, 2.45) is 0 Å². The summed E-state index contributed by atoms with van der Waals surface area (Å²) in [5.74, 6) is 4.61. The molecule has 1 saturated carbocycles. The number of methoxy groups -OCH3 is 3. The van der Waals surface area contributed by atoms with E-state index >= 15 is 0 Å². The minimum atomic E-state index is -0.462. The molecule has 0 unspecified atom stereocenters. The van der Waals surface area contributed by atoms with Crippen molar-refractivity contribution in [1.82, 2.24) is 89.7 Å². The molecular formula is C85H95FN18O12. The van der Waals surface area contributed by atoms with Gasteiger partial charge in [0.25, 0.3) is 23.6 Å². The Kier molecular flexibility index (Phi) is 27.1. The van der Waals surface area contributed by atoms with Gasteiger partial charge >= 0.3 is 0 Å². The Bertz CT molecular complexity index is 5060. The second-order valence-corrected chi connectivity index (χ2v) is 28.8. The number of carbonyl (C=O) groups is 4. The largest absolute Gasteiger partial charge is 0.497 e. The molecule has 7 aromatic heterocycles. The van der Waals surface area contributed by atoms with Crippen LogP contribution < -0.4 is 37.9 Å². The summed E-state index contributed by atoms with van der Waals surface area (Å²) in [7, 11) is 4.80. The van der Waals surface area contributed by atoms with Gasteiger partial charge in [-0.15, -0.1) is 15.0 Å². The molecule has 5 aliphatic rings. The zero-order chi connectivity index (χ0) is 81.0. The third-order valence-electron chi connectivity index (χ3n) is 20.9. The molecule has 0 spiro atoms. The Morgan fingerprint density at radius 2 is 0.733 bits per heavy atom. The monoisotopic (exact) mass is 1580 g/mol. The van der Waals surface area contributed by atoms with Crippen LogP contribution in [-0.2, 0) is 0 Å². The van der Waals surface area contributed by atoms with Gasteiger partial charge < -0.3 is 57.5 Å². The molecule has 116 heavy (non-hydrogen) atoms. The summed E-state index contributed by atoms with van der Waals surface area (Å²) in [6.45, 7) is 12.7. The summed E-state index contributed by atoms with van der Waals surface area (Å²) in [4.78, 5) is 82.0. The summed E-state index contributed by atoms with van der Waals surface area (Å²) in [6.07, 6.45) is 22.7. The second kappa shape index (κ2) is 38.7. The predicted octanol–water partition coefficient (Wildman–Crippen LogP) is 12.2. The Morgan fingerprint density at radius 1 is 0.379 bits per heavy atom. The van der Waals surface area contributed by atoms with Crippen LogP contribution in [0.3, 0.4) is 0 Å². The number of amides is 4. The van der Waals surface area contributed by atoms with E-state index in [1.54, 1.807) is 124 Å². The van der Waals surface area contributed by atoms with Gasteiger partial charge in [0.2, 0.25) is 23.5 Å². The maximum atomic E-state index is 13.9. The number of pyridine rings is 4. The van der Waals surface area contributed by atoms with E-state index in [-0.39, 0.29) is 72.2 Å². The molecule has 11 heterocycles. The number of likely N-dealkylation sites (tertiary alicyclic amines) is 4. The summed E-state index contributed by atoms with van der Waals surface area (Å²) in [5, 5.41) is 28.2. The number of para-hydroxylation sites is 2. The lowest BCUT2D eigenvalue weighted by Crippen LogP contribution is -2.49. The van der Waals surface area contributed by atoms with Crippen LogP contribution in [0.4, 0.5) is 4.39 Å². The molecule has 0 bridgehead atoms. The molecule has 4 aromatic carbocycles. The van der Waals surface area contributed by atoms with Crippen LogP contribution in [0.15, 0.2) is 195 Å². The SMILES string of the molecule is CCOc1ccnc(O[C@@H]2CC[C@@H](C)N(C(=O)c3ccccc3-n3nccn3)C2)c1.COc1ccnc(O[C@@H]2CC[C@@H](C)N(C(=O)c3ccc(F)cc3-n3nccn3)C2)c1.COc1ccnc(O[C@@H]2CC[C@@H](C)N(C(=O)c3ccccc3-n3ncnn3)C2)c1.COc1ccnc(O[C@@H]2CC[C@@H](C)N(C(=O)c3ccccc3C3CC3)C2)c1. The normalized spacial score (nSPS) is 19.7. The number of ether oxygens (including phenoxy) is 8. The molecule has 604 valence electrons. The van der Waals surface area contributed by atoms with E-state index in [1.165, 1.54) is 69.7 Å². The van der Waals surface area contributed by atoms with Crippen LogP contribution in [0, 0.1) is 5.82 Å². The van der Waals surface area contributed by atoms with E-state index in [4.69, 9.17) is 37.9 Å². The fraction of sp³-hybridized carbons (Fsp3) is 0.376. The van der Waals surface area contributed by atoms with Crippen LogP contribution in [0.2, 0.25) is 0 Å². The highest BCUT2D eigenvalue weighted by atomic mass is 19.1. The van der Waals surface area contributed by atoms with Gasteiger partial charge in [-0.3, -0.25) is 19.2 Å². The van der Waals surface area contributed by atoms with Gasteiger partial charge in [-0.05, 0) is 182 Å². The summed E-state index contributed by atoms with van der Waals surface area (Å²) in [5.41, 5.74) is 5.04. The molecule has 8 atom stereocenters. The molecule has 0 N–H and O–H groups in total. The first-order chi connectivity index (χ1) is 56.5.